The summed E-state index contributed by atoms with van der Waals surface area (Å²) in [4.78, 5) is 72.9. The van der Waals surface area contributed by atoms with Gasteiger partial charge in [0.2, 0.25) is 23.6 Å². The third-order valence-electron chi connectivity index (χ3n) is 6.92. The fourth-order valence-corrected chi connectivity index (χ4v) is 4.28. The van der Waals surface area contributed by atoms with Crippen molar-refractivity contribution in [3.63, 3.8) is 0 Å². The van der Waals surface area contributed by atoms with Gasteiger partial charge in [0.25, 0.3) is 0 Å². The van der Waals surface area contributed by atoms with E-state index in [1.54, 1.807) is 6.20 Å². The van der Waals surface area contributed by atoms with E-state index in [1.165, 1.54) is 12.5 Å². The number of amides is 4. The molecule has 0 aliphatic heterocycles. The normalized spacial score (nSPS) is 14.8. The first kappa shape index (κ1) is 30.8. The SMILES string of the molecule is CCC(C)C(N)C(=O)NC(Cc1c[nH]c2ccccc12)C(=O)NC(CC(N)=O)C(=O)NC(Cc1cnc[nH]1)C(=O)O. The van der Waals surface area contributed by atoms with Crippen LogP contribution in [0.3, 0.4) is 0 Å². The van der Waals surface area contributed by atoms with Crippen LogP contribution in [0.4, 0.5) is 0 Å². The largest absolute Gasteiger partial charge is 0.480 e. The molecule has 4 amide bonds. The number of aromatic amines is 2. The van der Waals surface area contributed by atoms with Gasteiger partial charge in [0.05, 0.1) is 18.8 Å². The van der Waals surface area contributed by atoms with Crippen LogP contribution in [-0.4, -0.2) is 73.8 Å². The second-order valence-electron chi connectivity index (χ2n) is 9.95. The lowest BCUT2D eigenvalue weighted by Gasteiger charge is -2.25. The highest BCUT2D eigenvalue weighted by atomic mass is 16.4. The van der Waals surface area contributed by atoms with Gasteiger partial charge >= 0.3 is 5.97 Å². The third kappa shape index (κ3) is 8.38. The van der Waals surface area contributed by atoms with Crippen molar-refractivity contribution in [2.75, 3.05) is 0 Å². The topological polar surface area (TPSA) is 238 Å². The number of carboxylic acid groups (broad SMARTS) is 1. The number of aliphatic carboxylic acids is 1. The third-order valence-corrected chi connectivity index (χ3v) is 6.92. The van der Waals surface area contributed by atoms with Crippen molar-refractivity contribution in [3.05, 3.63) is 54.2 Å². The van der Waals surface area contributed by atoms with E-state index in [4.69, 9.17) is 11.5 Å². The van der Waals surface area contributed by atoms with Gasteiger partial charge in [0, 0.05) is 41.8 Å². The summed E-state index contributed by atoms with van der Waals surface area (Å²) in [5, 5.41) is 17.9. The van der Waals surface area contributed by atoms with Crippen LogP contribution in [0, 0.1) is 5.92 Å². The van der Waals surface area contributed by atoms with E-state index in [0.29, 0.717) is 12.1 Å². The Morgan fingerprint density at radius 2 is 1.61 bits per heavy atom. The molecule has 2 heterocycles. The number of benzene rings is 1. The highest BCUT2D eigenvalue weighted by Crippen LogP contribution is 2.19. The average molecular weight is 569 g/mol. The zero-order valence-electron chi connectivity index (χ0n) is 22.8. The smallest absolute Gasteiger partial charge is 0.326 e. The monoisotopic (exact) mass is 568 g/mol. The highest BCUT2D eigenvalue weighted by Gasteiger charge is 2.32. The minimum absolute atomic E-state index is 0.0390. The van der Waals surface area contributed by atoms with Crippen molar-refractivity contribution in [1.82, 2.24) is 30.9 Å². The van der Waals surface area contributed by atoms with Gasteiger partial charge in [-0.15, -0.1) is 0 Å². The van der Waals surface area contributed by atoms with Crippen molar-refractivity contribution in [2.24, 2.45) is 17.4 Å². The molecule has 220 valence electrons. The van der Waals surface area contributed by atoms with Crippen molar-refractivity contribution in [3.8, 4) is 0 Å². The van der Waals surface area contributed by atoms with Gasteiger partial charge < -0.3 is 42.5 Å². The number of para-hydroxylation sites is 1. The number of hydrogen-bond donors (Lipinski definition) is 8. The number of carbonyl (C=O) groups is 5. The lowest BCUT2D eigenvalue weighted by Crippen LogP contribution is -2.58. The standard InChI is InChI=1S/C27H36N8O6/c1-3-14(2)23(29)26(39)34-19(8-15-11-31-18-7-5-4-6-17(15)18)24(37)33-20(10-22(28)36)25(38)35-21(27(40)41)9-16-12-30-13-32-16/h4-7,11-14,19-21,23,31H,3,8-10,29H2,1-2H3,(H2,28,36)(H,30,32)(H,33,37)(H,34,39)(H,35,38)(H,40,41). The molecule has 0 radical (unpaired) electrons. The second-order valence-corrected chi connectivity index (χ2v) is 9.95. The number of nitrogens with two attached hydrogens (primary N) is 2. The Labute approximate surface area is 236 Å². The molecule has 0 saturated carbocycles. The van der Waals surface area contributed by atoms with E-state index in [-0.39, 0.29) is 18.8 Å². The van der Waals surface area contributed by atoms with Gasteiger partial charge in [-0.25, -0.2) is 9.78 Å². The Balaban J connectivity index is 1.83. The summed E-state index contributed by atoms with van der Waals surface area (Å²) in [6.45, 7) is 3.70. The van der Waals surface area contributed by atoms with Gasteiger partial charge in [0.15, 0.2) is 0 Å². The first-order valence-corrected chi connectivity index (χ1v) is 13.2. The summed E-state index contributed by atoms with van der Waals surface area (Å²) in [6, 6.07) is 2.45. The van der Waals surface area contributed by atoms with E-state index < -0.39 is 60.2 Å². The first-order valence-electron chi connectivity index (χ1n) is 13.2. The molecule has 0 fully saturated rings. The number of nitrogens with zero attached hydrogens (tertiary/aromatic N) is 1. The number of H-pyrrole nitrogens is 2. The molecular formula is C27H36N8O6. The Hall–Kier alpha value is -4.72. The van der Waals surface area contributed by atoms with Crippen molar-refractivity contribution < 1.29 is 29.1 Å². The predicted octanol–water partition coefficient (Wildman–Crippen LogP) is -0.536. The highest BCUT2D eigenvalue weighted by molar-refractivity contribution is 5.96. The first-order chi connectivity index (χ1) is 19.5. The van der Waals surface area contributed by atoms with Gasteiger partial charge in [-0.2, -0.15) is 0 Å². The number of aromatic nitrogens is 3. The predicted molar refractivity (Wildman–Crippen MR) is 149 cm³/mol. The van der Waals surface area contributed by atoms with Crippen LogP contribution in [0.25, 0.3) is 10.9 Å². The molecule has 3 aromatic rings. The second kappa shape index (κ2) is 14.1. The number of imidazole rings is 1. The quantitative estimate of drug-likeness (QED) is 0.118. The Morgan fingerprint density at radius 3 is 2.24 bits per heavy atom. The van der Waals surface area contributed by atoms with Crippen molar-refractivity contribution in [1.29, 1.82) is 0 Å². The molecule has 2 aromatic heterocycles. The summed E-state index contributed by atoms with van der Waals surface area (Å²) in [5.74, 6) is -4.66. The van der Waals surface area contributed by atoms with Crippen LogP contribution in [0.5, 0.6) is 0 Å². The lowest BCUT2D eigenvalue weighted by molar-refractivity contribution is -0.142. The van der Waals surface area contributed by atoms with Crippen LogP contribution in [-0.2, 0) is 36.8 Å². The van der Waals surface area contributed by atoms with E-state index in [1.807, 2.05) is 38.1 Å². The number of rotatable bonds is 15. The van der Waals surface area contributed by atoms with Gasteiger partial charge in [0.1, 0.15) is 18.1 Å². The van der Waals surface area contributed by atoms with Crippen LogP contribution in [0.2, 0.25) is 0 Å². The molecule has 1 aromatic carbocycles. The zero-order valence-corrected chi connectivity index (χ0v) is 22.8. The minimum atomic E-state index is -1.51. The van der Waals surface area contributed by atoms with E-state index in [0.717, 1.165) is 16.5 Å². The molecule has 3 rings (SSSR count). The number of fused-ring (bicyclic) bond motifs is 1. The summed E-state index contributed by atoms with van der Waals surface area (Å²) in [7, 11) is 0. The maximum atomic E-state index is 13.5. The molecule has 10 N–H and O–H groups in total. The molecule has 5 unspecified atom stereocenters. The summed E-state index contributed by atoms with van der Waals surface area (Å²) >= 11 is 0. The summed E-state index contributed by atoms with van der Waals surface area (Å²) in [5.41, 5.74) is 13.4. The number of primary amides is 1. The molecule has 41 heavy (non-hydrogen) atoms. The summed E-state index contributed by atoms with van der Waals surface area (Å²) in [6.07, 6.45) is 4.44. The van der Waals surface area contributed by atoms with Crippen LogP contribution < -0.4 is 27.4 Å². The van der Waals surface area contributed by atoms with Gasteiger partial charge in [-0.1, -0.05) is 38.5 Å². The molecule has 0 saturated heterocycles. The average Bonchev–Trinajstić information content (AvgIpc) is 3.60. The number of hydrogen-bond acceptors (Lipinski definition) is 7. The Morgan fingerprint density at radius 1 is 0.951 bits per heavy atom. The molecule has 0 spiro atoms. The molecule has 0 aliphatic rings. The number of carbonyl (C=O) groups excluding carboxylic acids is 4. The Bertz CT molecular complexity index is 1370. The fourth-order valence-electron chi connectivity index (χ4n) is 4.28. The van der Waals surface area contributed by atoms with Gasteiger partial charge in [-0.05, 0) is 17.5 Å². The lowest BCUT2D eigenvalue weighted by atomic mass is 9.98. The maximum Gasteiger partial charge on any atom is 0.326 e. The minimum Gasteiger partial charge on any atom is -0.480 e. The number of nitrogens with one attached hydrogen (secondary N) is 5. The van der Waals surface area contributed by atoms with Gasteiger partial charge in [-0.3, -0.25) is 19.2 Å². The molecule has 14 heteroatoms. The van der Waals surface area contributed by atoms with E-state index in [9.17, 15) is 29.1 Å². The molecule has 5 atom stereocenters. The fraction of sp³-hybridized carbons (Fsp3) is 0.407. The van der Waals surface area contributed by atoms with E-state index >= 15 is 0 Å². The van der Waals surface area contributed by atoms with E-state index in [2.05, 4.69) is 30.9 Å². The maximum absolute atomic E-state index is 13.5. The van der Waals surface area contributed by atoms with Crippen molar-refractivity contribution in [2.45, 2.75) is 63.7 Å². The Kier molecular flexibility index (Phi) is 10.6. The number of carboxylic acids is 1. The zero-order chi connectivity index (χ0) is 30.1. The molecule has 0 bridgehead atoms. The van der Waals surface area contributed by atoms with Crippen LogP contribution in [0.1, 0.15) is 37.9 Å². The molecule has 0 aliphatic carbocycles. The van der Waals surface area contributed by atoms with Crippen LogP contribution in [0.15, 0.2) is 43.0 Å². The van der Waals surface area contributed by atoms with Crippen LogP contribution >= 0.6 is 0 Å². The molecule has 14 nitrogen and oxygen atoms in total. The molecular weight excluding hydrogens is 532 g/mol. The summed E-state index contributed by atoms with van der Waals surface area (Å²) < 4.78 is 0. The van der Waals surface area contributed by atoms with Crippen molar-refractivity contribution >= 4 is 40.5 Å².